The Kier molecular flexibility index (Phi) is 8.21. The molecule has 0 atom stereocenters. The Morgan fingerprint density at radius 3 is 1.27 bits per heavy atom. The number of nitrogens with zero attached hydrogens (tertiary/aromatic N) is 1. The van der Waals surface area contributed by atoms with Gasteiger partial charge in [-0.05, 0) is 6.92 Å². The van der Waals surface area contributed by atoms with E-state index in [2.05, 4.69) is 5.14 Å². The summed E-state index contributed by atoms with van der Waals surface area (Å²) in [5, 5.41) is 4.51. The van der Waals surface area contributed by atoms with Crippen LogP contribution in [0.25, 0.3) is 0 Å². The lowest BCUT2D eigenvalue weighted by Gasteiger charge is -2.13. The first-order valence-electron chi connectivity index (χ1n) is 4.54. The van der Waals surface area contributed by atoms with Gasteiger partial charge in [0.1, 0.15) is 0 Å². The van der Waals surface area contributed by atoms with E-state index in [0.717, 1.165) is 0 Å². The first-order valence-corrected chi connectivity index (χ1v) is 8.10. The summed E-state index contributed by atoms with van der Waals surface area (Å²) in [4.78, 5) is 0. The topological polar surface area (TPSA) is 97.5 Å². The fraction of sp³-hybridized carbons (Fsp3) is 1.00. The van der Waals surface area contributed by atoms with Gasteiger partial charge in [0, 0.05) is 13.1 Å². The molecule has 0 aromatic heterocycles. The second-order valence-corrected chi connectivity index (χ2v) is 6.68. The summed E-state index contributed by atoms with van der Waals surface area (Å²) >= 11 is 0. The largest absolute Gasteiger partial charge is 0.229 e. The van der Waals surface area contributed by atoms with Crippen molar-refractivity contribution in [2.45, 2.75) is 20.8 Å². The standard InChI is InChI=1S/C5H13NO2S.C2H7NO2S/c1-4-6(5-2)9(3,7)8;1-2-6(3,4)5/h4-5H2,1-3H3;2H2,1H3,(H2,3,4,5). The quantitative estimate of drug-likeness (QED) is 0.742. The molecule has 0 aromatic rings. The van der Waals surface area contributed by atoms with Crippen LogP contribution >= 0.6 is 0 Å². The fourth-order valence-electron chi connectivity index (χ4n) is 0.693. The number of hydrogen-bond donors (Lipinski definition) is 1. The van der Waals surface area contributed by atoms with Crippen molar-refractivity contribution in [3.63, 3.8) is 0 Å². The predicted molar refractivity (Wildman–Crippen MR) is 61.4 cm³/mol. The Labute approximate surface area is 92.6 Å². The van der Waals surface area contributed by atoms with Gasteiger partial charge in [-0.2, -0.15) is 0 Å². The Morgan fingerprint density at radius 2 is 1.27 bits per heavy atom. The number of sulfonamides is 2. The molecule has 2 N–H and O–H groups in total. The molecule has 94 valence electrons. The molecular formula is C7H20N2O4S2. The van der Waals surface area contributed by atoms with E-state index in [1.807, 2.05) is 13.8 Å². The molecule has 0 saturated carbocycles. The maximum absolute atomic E-state index is 10.7. The van der Waals surface area contributed by atoms with Crippen LogP contribution in [0.5, 0.6) is 0 Å². The lowest BCUT2D eigenvalue weighted by atomic mass is 10.7. The minimum Gasteiger partial charge on any atom is -0.229 e. The molecule has 0 spiro atoms. The van der Waals surface area contributed by atoms with Gasteiger partial charge in [0.05, 0.1) is 12.0 Å². The third-order valence-corrected chi connectivity index (χ3v) is 3.84. The van der Waals surface area contributed by atoms with E-state index in [-0.39, 0.29) is 5.75 Å². The minimum absolute atomic E-state index is 0.0208. The molecule has 0 unspecified atom stereocenters. The van der Waals surface area contributed by atoms with Gasteiger partial charge < -0.3 is 0 Å². The van der Waals surface area contributed by atoms with Crippen LogP contribution in [-0.4, -0.2) is 46.2 Å². The molecule has 0 fully saturated rings. The van der Waals surface area contributed by atoms with Crippen LogP contribution in [0, 0.1) is 0 Å². The average molecular weight is 260 g/mol. The van der Waals surface area contributed by atoms with E-state index < -0.39 is 20.0 Å². The molecule has 15 heavy (non-hydrogen) atoms. The van der Waals surface area contributed by atoms with Crippen molar-refractivity contribution in [3.8, 4) is 0 Å². The lowest BCUT2D eigenvalue weighted by Crippen LogP contribution is -2.29. The summed E-state index contributed by atoms with van der Waals surface area (Å²) in [6, 6.07) is 0. The Hall–Kier alpha value is -0.180. The monoisotopic (exact) mass is 260 g/mol. The van der Waals surface area contributed by atoms with Crippen molar-refractivity contribution >= 4 is 20.0 Å². The molecule has 0 rings (SSSR count). The average Bonchev–Trinajstić information content (AvgIpc) is 2.04. The van der Waals surface area contributed by atoms with Crippen molar-refractivity contribution in [1.82, 2.24) is 4.31 Å². The smallest absolute Gasteiger partial charge is 0.211 e. The van der Waals surface area contributed by atoms with Crippen molar-refractivity contribution in [3.05, 3.63) is 0 Å². The van der Waals surface area contributed by atoms with Crippen molar-refractivity contribution in [2.75, 3.05) is 25.1 Å². The van der Waals surface area contributed by atoms with Crippen LogP contribution < -0.4 is 5.14 Å². The van der Waals surface area contributed by atoms with E-state index in [1.54, 1.807) is 0 Å². The second-order valence-electron chi connectivity index (χ2n) is 2.80. The van der Waals surface area contributed by atoms with Crippen LogP contribution in [0.2, 0.25) is 0 Å². The maximum Gasteiger partial charge on any atom is 0.211 e. The van der Waals surface area contributed by atoms with Gasteiger partial charge >= 0.3 is 0 Å². The number of rotatable bonds is 4. The van der Waals surface area contributed by atoms with E-state index in [4.69, 9.17) is 0 Å². The molecule has 0 aliphatic carbocycles. The van der Waals surface area contributed by atoms with Crippen molar-refractivity contribution in [1.29, 1.82) is 0 Å². The minimum atomic E-state index is -3.16. The summed E-state index contributed by atoms with van der Waals surface area (Å²) in [5.74, 6) is 0.0208. The van der Waals surface area contributed by atoms with Gasteiger partial charge in [-0.3, -0.25) is 0 Å². The van der Waals surface area contributed by atoms with E-state index in [9.17, 15) is 16.8 Å². The van der Waals surface area contributed by atoms with E-state index in [1.165, 1.54) is 17.5 Å². The van der Waals surface area contributed by atoms with Gasteiger partial charge in [0.25, 0.3) is 0 Å². The highest BCUT2D eigenvalue weighted by atomic mass is 32.2. The summed E-state index contributed by atoms with van der Waals surface area (Å²) in [5.41, 5.74) is 0. The Morgan fingerprint density at radius 1 is 1.00 bits per heavy atom. The van der Waals surface area contributed by atoms with Crippen LogP contribution in [0.15, 0.2) is 0 Å². The van der Waals surface area contributed by atoms with Gasteiger partial charge in [0.2, 0.25) is 20.0 Å². The molecule has 0 aliphatic rings. The molecule has 6 nitrogen and oxygen atoms in total. The Balaban J connectivity index is 0. The lowest BCUT2D eigenvalue weighted by molar-refractivity contribution is 0.450. The zero-order valence-electron chi connectivity index (χ0n) is 9.60. The van der Waals surface area contributed by atoms with Gasteiger partial charge in [0.15, 0.2) is 0 Å². The maximum atomic E-state index is 10.7. The summed E-state index contributed by atoms with van der Waals surface area (Å²) < 4.78 is 42.4. The third-order valence-electron chi connectivity index (χ3n) is 1.58. The molecular weight excluding hydrogens is 240 g/mol. The summed E-state index contributed by atoms with van der Waals surface area (Å²) in [6.07, 6.45) is 1.22. The van der Waals surface area contributed by atoms with Crippen LogP contribution in [0.3, 0.4) is 0 Å². The van der Waals surface area contributed by atoms with Gasteiger partial charge in [-0.1, -0.05) is 13.8 Å². The van der Waals surface area contributed by atoms with Crippen LogP contribution in [-0.2, 0) is 20.0 Å². The molecule has 0 aromatic carbocycles. The normalized spacial score (nSPS) is 12.1. The van der Waals surface area contributed by atoms with Crippen molar-refractivity contribution < 1.29 is 16.8 Å². The fourth-order valence-corrected chi connectivity index (χ4v) is 1.63. The number of nitrogens with two attached hydrogens (primary N) is 1. The molecule has 0 bridgehead atoms. The number of hydrogen-bond acceptors (Lipinski definition) is 4. The van der Waals surface area contributed by atoms with Crippen molar-refractivity contribution in [2.24, 2.45) is 5.14 Å². The molecule has 8 heteroatoms. The number of primary sulfonamides is 1. The molecule has 0 radical (unpaired) electrons. The Bertz CT molecular complexity index is 343. The summed E-state index contributed by atoms with van der Waals surface area (Å²) in [6.45, 7) is 6.27. The molecule has 0 amide bonds. The summed E-state index contributed by atoms with van der Waals surface area (Å²) in [7, 11) is -6.09. The molecule has 0 saturated heterocycles. The van der Waals surface area contributed by atoms with E-state index in [0.29, 0.717) is 13.1 Å². The van der Waals surface area contributed by atoms with Gasteiger partial charge in [-0.15, -0.1) is 0 Å². The highest BCUT2D eigenvalue weighted by Gasteiger charge is 2.09. The third kappa shape index (κ3) is 11.7. The van der Waals surface area contributed by atoms with E-state index >= 15 is 0 Å². The van der Waals surface area contributed by atoms with Gasteiger partial charge in [-0.25, -0.2) is 26.3 Å². The van der Waals surface area contributed by atoms with Crippen LogP contribution in [0.4, 0.5) is 0 Å². The van der Waals surface area contributed by atoms with Crippen LogP contribution in [0.1, 0.15) is 20.8 Å². The second kappa shape index (κ2) is 7.15. The predicted octanol–water partition coefficient (Wildman–Crippen LogP) is -0.417. The first kappa shape index (κ1) is 17.2. The SMILES string of the molecule is CCN(CC)S(C)(=O)=O.CCS(N)(=O)=O. The zero-order valence-corrected chi connectivity index (χ0v) is 11.2. The highest BCUT2D eigenvalue weighted by Crippen LogP contribution is 1.93. The zero-order chi connectivity index (χ0) is 12.7. The molecule has 0 heterocycles. The first-order chi connectivity index (χ1) is 6.58. The molecule has 0 aliphatic heterocycles. The highest BCUT2D eigenvalue weighted by molar-refractivity contribution is 7.89.